The summed E-state index contributed by atoms with van der Waals surface area (Å²) in [5, 5.41) is 12.5. The van der Waals surface area contributed by atoms with Crippen LogP contribution in [0.4, 0.5) is 0 Å². The SMILES string of the molecule is Oc1ccc2ccccc2c1Cn1ccnc1-c1ccccc1. The summed E-state index contributed by atoms with van der Waals surface area (Å²) in [6, 6.07) is 21.9. The lowest BCUT2D eigenvalue weighted by Crippen LogP contribution is -2.02. The number of rotatable bonds is 3. The summed E-state index contributed by atoms with van der Waals surface area (Å²) in [5.41, 5.74) is 1.98. The number of fused-ring (bicyclic) bond motifs is 1. The van der Waals surface area contributed by atoms with Gasteiger partial charge in [0.05, 0.1) is 6.54 Å². The first-order valence-corrected chi connectivity index (χ1v) is 7.59. The summed E-state index contributed by atoms with van der Waals surface area (Å²) in [5.74, 6) is 1.22. The highest BCUT2D eigenvalue weighted by Crippen LogP contribution is 2.29. The molecule has 1 N–H and O–H groups in total. The number of hydrogen-bond acceptors (Lipinski definition) is 2. The minimum atomic E-state index is 0.316. The number of phenolic OH excluding ortho intramolecular Hbond substituents is 1. The Balaban J connectivity index is 1.81. The fourth-order valence-electron chi connectivity index (χ4n) is 2.95. The standard InChI is InChI=1S/C20H16N2O/c23-19-11-10-15-6-4-5-9-17(15)18(19)14-22-13-12-21-20(22)16-7-2-1-3-8-16/h1-13,23H,14H2. The molecule has 0 bridgehead atoms. The van der Waals surface area contributed by atoms with Crippen LogP contribution in [0.2, 0.25) is 0 Å². The number of aromatic hydroxyl groups is 1. The van der Waals surface area contributed by atoms with Gasteiger partial charge in [0.1, 0.15) is 11.6 Å². The second-order valence-corrected chi connectivity index (χ2v) is 5.53. The normalized spacial score (nSPS) is 11.0. The first-order valence-electron chi connectivity index (χ1n) is 7.59. The Morgan fingerprint density at radius 1 is 0.870 bits per heavy atom. The highest BCUT2D eigenvalue weighted by molar-refractivity contribution is 5.87. The molecule has 0 radical (unpaired) electrons. The van der Waals surface area contributed by atoms with Gasteiger partial charge in [-0.25, -0.2) is 4.98 Å². The van der Waals surface area contributed by atoms with E-state index in [0.717, 1.165) is 27.7 Å². The summed E-state index contributed by atoms with van der Waals surface area (Å²) in [6.07, 6.45) is 3.74. The van der Waals surface area contributed by atoms with Crippen molar-refractivity contribution in [1.82, 2.24) is 9.55 Å². The van der Waals surface area contributed by atoms with E-state index in [1.807, 2.05) is 60.8 Å². The van der Waals surface area contributed by atoms with Crippen molar-refractivity contribution in [2.75, 3.05) is 0 Å². The van der Waals surface area contributed by atoms with Gasteiger partial charge in [-0.2, -0.15) is 0 Å². The van der Waals surface area contributed by atoms with Crippen molar-refractivity contribution in [3.8, 4) is 17.1 Å². The predicted octanol–water partition coefficient (Wildman–Crippen LogP) is 4.46. The summed E-state index contributed by atoms with van der Waals surface area (Å²) in [6.45, 7) is 0.581. The van der Waals surface area contributed by atoms with E-state index in [0.29, 0.717) is 12.3 Å². The van der Waals surface area contributed by atoms with E-state index >= 15 is 0 Å². The second-order valence-electron chi connectivity index (χ2n) is 5.53. The second kappa shape index (κ2) is 5.61. The molecular weight excluding hydrogens is 284 g/mol. The number of phenols is 1. The van der Waals surface area contributed by atoms with Crippen molar-refractivity contribution in [2.45, 2.75) is 6.54 Å². The van der Waals surface area contributed by atoms with Crippen LogP contribution in [-0.4, -0.2) is 14.7 Å². The summed E-state index contributed by atoms with van der Waals surface area (Å²) in [4.78, 5) is 4.47. The van der Waals surface area contributed by atoms with Crippen LogP contribution in [0.3, 0.4) is 0 Å². The zero-order valence-electron chi connectivity index (χ0n) is 12.6. The van der Waals surface area contributed by atoms with Crippen molar-refractivity contribution in [3.05, 3.63) is 84.7 Å². The van der Waals surface area contributed by atoms with Crippen LogP contribution in [-0.2, 0) is 6.54 Å². The molecule has 0 amide bonds. The van der Waals surface area contributed by atoms with Gasteiger partial charge in [0.2, 0.25) is 0 Å². The first kappa shape index (κ1) is 13.6. The van der Waals surface area contributed by atoms with Gasteiger partial charge in [-0.1, -0.05) is 60.7 Å². The van der Waals surface area contributed by atoms with Crippen LogP contribution < -0.4 is 0 Å². The van der Waals surface area contributed by atoms with Crippen molar-refractivity contribution in [2.24, 2.45) is 0 Å². The summed E-state index contributed by atoms with van der Waals surface area (Å²) < 4.78 is 2.07. The molecule has 4 rings (SSSR count). The van der Waals surface area contributed by atoms with E-state index in [1.54, 1.807) is 12.3 Å². The Labute approximate surface area is 134 Å². The van der Waals surface area contributed by atoms with Crippen molar-refractivity contribution in [3.63, 3.8) is 0 Å². The van der Waals surface area contributed by atoms with Crippen molar-refractivity contribution >= 4 is 10.8 Å². The minimum absolute atomic E-state index is 0.316. The van der Waals surface area contributed by atoms with E-state index in [4.69, 9.17) is 0 Å². The topological polar surface area (TPSA) is 38.0 Å². The maximum atomic E-state index is 10.3. The van der Waals surface area contributed by atoms with E-state index in [9.17, 15) is 5.11 Å². The molecule has 0 saturated heterocycles. The third kappa shape index (κ3) is 2.46. The average molecular weight is 300 g/mol. The fourth-order valence-corrected chi connectivity index (χ4v) is 2.95. The predicted molar refractivity (Wildman–Crippen MR) is 92.4 cm³/mol. The van der Waals surface area contributed by atoms with Crippen LogP contribution in [0.15, 0.2) is 79.1 Å². The molecular formula is C20H16N2O. The molecule has 0 unspecified atom stereocenters. The molecule has 4 aromatic rings. The van der Waals surface area contributed by atoms with Gasteiger partial charge in [-0.05, 0) is 16.8 Å². The molecule has 0 aliphatic carbocycles. The lowest BCUT2D eigenvalue weighted by atomic mass is 10.0. The van der Waals surface area contributed by atoms with Gasteiger partial charge in [0, 0.05) is 23.5 Å². The Kier molecular flexibility index (Phi) is 3.31. The molecule has 23 heavy (non-hydrogen) atoms. The van der Waals surface area contributed by atoms with Crippen LogP contribution in [0.1, 0.15) is 5.56 Å². The molecule has 0 spiro atoms. The van der Waals surface area contributed by atoms with E-state index < -0.39 is 0 Å². The summed E-state index contributed by atoms with van der Waals surface area (Å²) >= 11 is 0. The lowest BCUT2D eigenvalue weighted by Gasteiger charge is -2.12. The van der Waals surface area contributed by atoms with Gasteiger partial charge in [-0.3, -0.25) is 0 Å². The first-order chi connectivity index (χ1) is 11.3. The lowest BCUT2D eigenvalue weighted by molar-refractivity contribution is 0.467. The van der Waals surface area contributed by atoms with Gasteiger partial charge in [0.15, 0.2) is 0 Å². The zero-order chi connectivity index (χ0) is 15.6. The molecule has 3 aromatic carbocycles. The fraction of sp³-hybridized carbons (Fsp3) is 0.0500. The maximum absolute atomic E-state index is 10.3. The van der Waals surface area contributed by atoms with Gasteiger partial charge >= 0.3 is 0 Å². The number of benzene rings is 3. The minimum Gasteiger partial charge on any atom is -0.508 e. The van der Waals surface area contributed by atoms with Gasteiger partial charge in [-0.15, -0.1) is 0 Å². The van der Waals surface area contributed by atoms with E-state index in [1.165, 1.54) is 0 Å². The van der Waals surface area contributed by atoms with Gasteiger partial charge < -0.3 is 9.67 Å². The molecule has 0 fully saturated rings. The highest BCUT2D eigenvalue weighted by Gasteiger charge is 2.11. The van der Waals surface area contributed by atoms with Crippen LogP contribution in [0.25, 0.3) is 22.2 Å². The van der Waals surface area contributed by atoms with Crippen molar-refractivity contribution in [1.29, 1.82) is 0 Å². The third-order valence-electron chi connectivity index (χ3n) is 4.09. The molecule has 1 aromatic heterocycles. The molecule has 0 aliphatic heterocycles. The zero-order valence-corrected chi connectivity index (χ0v) is 12.6. The number of aromatic nitrogens is 2. The quantitative estimate of drug-likeness (QED) is 0.606. The maximum Gasteiger partial charge on any atom is 0.140 e. The molecule has 0 atom stereocenters. The van der Waals surface area contributed by atoms with Crippen LogP contribution in [0, 0.1) is 0 Å². The number of nitrogens with zero attached hydrogens (tertiary/aromatic N) is 2. The highest BCUT2D eigenvalue weighted by atomic mass is 16.3. The number of imidazole rings is 1. The van der Waals surface area contributed by atoms with Gasteiger partial charge in [0.25, 0.3) is 0 Å². The average Bonchev–Trinajstić information content (AvgIpc) is 3.06. The molecule has 0 aliphatic rings. The Hall–Kier alpha value is -3.07. The van der Waals surface area contributed by atoms with Crippen LogP contribution >= 0.6 is 0 Å². The molecule has 1 heterocycles. The van der Waals surface area contributed by atoms with E-state index in [2.05, 4.69) is 15.6 Å². The van der Waals surface area contributed by atoms with E-state index in [-0.39, 0.29) is 0 Å². The monoisotopic (exact) mass is 300 g/mol. The largest absolute Gasteiger partial charge is 0.508 e. The Morgan fingerprint density at radius 3 is 2.52 bits per heavy atom. The van der Waals surface area contributed by atoms with Crippen LogP contribution in [0.5, 0.6) is 5.75 Å². The third-order valence-corrected chi connectivity index (χ3v) is 4.09. The smallest absolute Gasteiger partial charge is 0.140 e. The number of hydrogen-bond donors (Lipinski definition) is 1. The Morgan fingerprint density at radius 2 is 1.65 bits per heavy atom. The molecule has 0 saturated carbocycles. The molecule has 3 heteroatoms. The summed E-state index contributed by atoms with van der Waals surface area (Å²) in [7, 11) is 0. The molecule has 112 valence electrons. The van der Waals surface area contributed by atoms with Crippen molar-refractivity contribution < 1.29 is 5.11 Å². The molecule has 3 nitrogen and oxygen atoms in total. The Bertz CT molecular complexity index is 958.